The molecule has 0 unspecified atom stereocenters. The highest BCUT2D eigenvalue weighted by Gasteiger charge is 2.23. The maximum atomic E-state index is 5.50. The van der Waals surface area contributed by atoms with Crippen molar-refractivity contribution in [1.29, 1.82) is 0 Å². The van der Waals surface area contributed by atoms with Crippen molar-refractivity contribution in [3.8, 4) is 11.5 Å². The van der Waals surface area contributed by atoms with Crippen LogP contribution in [0.1, 0.15) is 37.3 Å². The zero-order valence-corrected chi connectivity index (χ0v) is 11.1. The predicted molar refractivity (Wildman–Crippen MR) is 70.0 cm³/mol. The summed E-state index contributed by atoms with van der Waals surface area (Å²) in [5.41, 5.74) is 2.55. The van der Waals surface area contributed by atoms with Gasteiger partial charge >= 0.3 is 0 Å². The van der Waals surface area contributed by atoms with Crippen LogP contribution in [-0.4, -0.2) is 14.2 Å². The number of methoxy groups -OCH3 is 2. The molecule has 1 aromatic rings. The summed E-state index contributed by atoms with van der Waals surface area (Å²) in [5, 5.41) is 0. The summed E-state index contributed by atoms with van der Waals surface area (Å²) in [6.07, 6.45) is 6.03. The Morgan fingerprint density at radius 2 is 1.65 bits per heavy atom. The zero-order valence-electron chi connectivity index (χ0n) is 11.1. The van der Waals surface area contributed by atoms with E-state index >= 15 is 0 Å². The van der Waals surface area contributed by atoms with Gasteiger partial charge in [0.05, 0.1) is 14.2 Å². The molecule has 0 spiro atoms. The fourth-order valence-electron chi connectivity index (χ4n) is 2.28. The molecule has 2 nitrogen and oxygen atoms in total. The molecule has 1 aromatic carbocycles. The van der Waals surface area contributed by atoms with Gasteiger partial charge in [-0.05, 0) is 54.9 Å². The van der Waals surface area contributed by atoms with Gasteiger partial charge in [0.2, 0.25) is 0 Å². The lowest BCUT2D eigenvalue weighted by Crippen LogP contribution is -1.99. The van der Waals surface area contributed by atoms with Crippen molar-refractivity contribution in [2.45, 2.75) is 39.0 Å². The van der Waals surface area contributed by atoms with E-state index in [4.69, 9.17) is 9.47 Å². The topological polar surface area (TPSA) is 18.5 Å². The van der Waals surface area contributed by atoms with Crippen molar-refractivity contribution < 1.29 is 9.47 Å². The first-order valence-electron chi connectivity index (χ1n) is 6.52. The van der Waals surface area contributed by atoms with Crippen LogP contribution in [0.3, 0.4) is 0 Å². The van der Waals surface area contributed by atoms with E-state index in [1.165, 1.54) is 24.0 Å². The number of benzene rings is 1. The lowest BCUT2D eigenvalue weighted by atomic mass is 10.0. The fraction of sp³-hybridized carbons (Fsp3) is 0.600. The molecular formula is C15H22O2. The second-order valence-corrected chi connectivity index (χ2v) is 4.87. The molecule has 1 aliphatic rings. The lowest BCUT2D eigenvalue weighted by molar-refractivity contribution is 0.394. The van der Waals surface area contributed by atoms with Crippen LogP contribution in [0.15, 0.2) is 12.1 Å². The third-order valence-corrected chi connectivity index (χ3v) is 3.41. The van der Waals surface area contributed by atoms with E-state index in [0.29, 0.717) is 0 Å². The molecule has 0 heterocycles. The molecule has 0 bridgehead atoms. The van der Waals surface area contributed by atoms with E-state index in [9.17, 15) is 0 Å². The Morgan fingerprint density at radius 1 is 1.06 bits per heavy atom. The molecule has 1 saturated carbocycles. The molecule has 2 rings (SSSR count). The molecule has 0 aromatic heterocycles. The summed E-state index contributed by atoms with van der Waals surface area (Å²) in [6.45, 7) is 2.18. The minimum Gasteiger partial charge on any atom is -0.496 e. The van der Waals surface area contributed by atoms with Gasteiger partial charge in [-0.1, -0.05) is 13.3 Å². The van der Waals surface area contributed by atoms with E-state index in [-0.39, 0.29) is 0 Å². The van der Waals surface area contributed by atoms with Crippen molar-refractivity contribution in [2.24, 2.45) is 5.92 Å². The number of rotatable bonds is 6. The first kappa shape index (κ1) is 12.3. The molecule has 2 heteroatoms. The average molecular weight is 234 g/mol. The Balaban J connectivity index is 2.29. The Labute approximate surface area is 104 Å². The Hall–Kier alpha value is -1.18. The maximum Gasteiger partial charge on any atom is 0.122 e. The highest BCUT2D eigenvalue weighted by Crippen LogP contribution is 2.38. The highest BCUT2D eigenvalue weighted by atomic mass is 16.5. The summed E-state index contributed by atoms with van der Waals surface area (Å²) in [6, 6.07) is 4.32. The van der Waals surface area contributed by atoms with Crippen LogP contribution in [0, 0.1) is 5.92 Å². The van der Waals surface area contributed by atoms with Gasteiger partial charge in [0.1, 0.15) is 11.5 Å². The van der Waals surface area contributed by atoms with Gasteiger partial charge in [0.25, 0.3) is 0 Å². The van der Waals surface area contributed by atoms with Gasteiger partial charge in [-0.2, -0.15) is 0 Å². The minimum absolute atomic E-state index is 0.866. The molecular weight excluding hydrogens is 212 g/mol. The summed E-state index contributed by atoms with van der Waals surface area (Å²) in [4.78, 5) is 0. The van der Waals surface area contributed by atoms with E-state index in [1.807, 2.05) is 0 Å². The quantitative estimate of drug-likeness (QED) is 0.748. The standard InChI is InChI=1S/C15H22O2/c1-4-5-12-9-15(17-3)13(8-11-6-7-11)10-14(12)16-2/h9-11H,4-8H2,1-3H3. The number of hydrogen-bond acceptors (Lipinski definition) is 2. The third-order valence-electron chi connectivity index (χ3n) is 3.41. The van der Waals surface area contributed by atoms with Crippen molar-refractivity contribution in [3.63, 3.8) is 0 Å². The Kier molecular flexibility index (Phi) is 3.93. The smallest absolute Gasteiger partial charge is 0.122 e. The van der Waals surface area contributed by atoms with Gasteiger partial charge in [-0.3, -0.25) is 0 Å². The Morgan fingerprint density at radius 3 is 2.18 bits per heavy atom. The molecule has 0 radical (unpaired) electrons. The fourth-order valence-corrected chi connectivity index (χ4v) is 2.28. The molecule has 0 N–H and O–H groups in total. The highest BCUT2D eigenvalue weighted by molar-refractivity contribution is 5.47. The summed E-state index contributed by atoms with van der Waals surface area (Å²) >= 11 is 0. The van der Waals surface area contributed by atoms with Crippen LogP contribution in [0.4, 0.5) is 0 Å². The van der Waals surface area contributed by atoms with Crippen molar-refractivity contribution in [3.05, 3.63) is 23.3 Å². The molecule has 0 saturated heterocycles. The lowest BCUT2D eigenvalue weighted by Gasteiger charge is -2.14. The molecule has 0 aliphatic heterocycles. The molecule has 1 fully saturated rings. The van der Waals surface area contributed by atoms with Crippen molar-refractivity contribution >= 4 is 0 Å². The molecule has 0 atom stereocenters. The van der Waals surface area contributed by atoms with E-state index in [2.05, 4.69) is 19.1 Å². The second kappa shape index (κ2) is 5.44. The number of ether oxygens (including phenoxy) is 2. The zero-order chi connectivity index (χ0) is 12.3. The summed E-state index contributed by atoms with van der Waals surface area (Å²) in [7, 11) is 3.51. The number of hydrogen-bond donors (Lipinski definition) is 0. The first-order valence-corrected chi connectivity index (χ1v) is 6.52. The maximum absolute atomic E-state index is 5.50. The van der Waals surface area contributed by atoms with Crippen LogP contribution >= 0.6 is 0 Å². The average Bonchev–Trinajstić information content (AvgIpc) is 3.14. The SMILES string of the molecule is CCCc1cc(OC)c(CC2CC2)cc1OC. The van der Waals surface area contributed by atoms with Gasteiger partial charge in [-0.15, -0.1) is 0 Å². The van der Waals surface area contributed by atoms with Gasteiger partial charge in [0.15, 0.2) is 0 Å². The second-order valence-electron chi connectivity index (χ2n) is 4.87. The summed E-state index contributed by atoms with van der Waals surface area (Å²) < 4.78 is 11.0. The van der Waals surface area contributed by atoms with Crippen LogP contribution in [0.5, 0.6) is 11.5 Å². The number of aryl methyl sites for hydroxylation is 1. The monoisotopic (exact) mass is 234 g/mol. The van der Waals surface area contributed by atoms with Gasteiger partial charge in [0, 0.05) is 0 Å². The first-order chi connectivity index (χ1) is 8.28. The summed E-state index contributed by atoms with van der Waals surface area (Å²) in [5.74, 6) is 2.91. The van der Waals surface area contributed by atoms with Crippen LogP contribution in [-0.2, 0) is 12.8 Å². The van der Waals surface area contributed by atoms with Gasteiger partial charge < -0.3 is 9.47 Å². The molecule has 17 heavy (non-hydrogen) atoms. The van der Waals surface area contributed by atoms with Crippen LogP contribution in [0.2, 0.25) is 0 Å². The van der Waals surface area contributed by atoms with Gasteiger partial charge in [-0.25, -0.2) is 0 Å². The largest absolute Gasteiger partial charge is 0.496 e. The van der Waals surface area contributed by atoms with E-state index in [1.54, 1.807) is 14.2 Å². The van der Waals surface area contributed by atoms with Crippen LogP contribution in [0.25, 0.3) is 0 Å². The van der Waals surface area contributed by atoms with E-state index in [0.717, 1.165) is 36.7 Å². The predicted octanol–water partition coefficient (Wildman–Crippen LogP) is 3.61. The van der Waals surface area contributed by atoms with Crippen molar-refractivity contribution in [2.75, 3.05) is 14.2 Å². The minimum atomic E-state index is 0.866. The van der Waals surface area contributed by atoms with Crippen LogP contribution < -0.4 is 9.47 Å². The molecule has 94 valence electrons. The van der Waals surface area contributed by atoms with Crippen molar-refractivity contribution in [1.82, 2.24) is 0 Å². The Bertz CT molecular complexity index is 381. The third kappa shape index (κ3) is 2.93. The van der Waals surface area contributed by atoms with E-state index < -0.39 is 0 Å². The normalized spacial score (nSPS) is 14.8. The molecule has 0 amide bonds. The molecule has 1 aliphatic carbocycles.